The number of β-amino-alcohol motifs (C(OH)–C–C–N with tert-alkyl or cyclic N) is 1. The minimum atomic E-state index is -0.990. The highest BCUT2D eigenvalue weighted by atomic mass is 16.5. The quantitative estimate of drug-likeness (QED) is 0.737. The van der Waals surface area contributed by atoms with Crippen LogP contribution in [-0.2, 0) is 12.1 Å². The van der Waals surface area contributed by atoms with E-state index in [2.05, 4.69) is 15.5 Å². The van der Waals surface area contributed by atoms with Crippen molar-refractivity contribution >= 4 is 0 Å². The van der Waals surface area contributed by atoms with Crippen molar-refractivity contribution in [1.82, 2.24) is 20.4 Å². The Kier molecular flexibility index (Phi) is 3.22. The van der Waals surface area contributed by atoms with E-state index in [1.807, 2.05) is 19.0 Å². The lowest BCUT2D eigenvalue weighted by molar-refractivity contribution is -0.0167. The van der Waals surface area contributed by atoms with Crippen molar-refractivity contribution < 1.29 is 9.63 Å². The largest absolute Gasteiger partial charge is 0.379 e. The highest BCUT2D eigenvalue weighted by Crippen LogP contribution is 2.26. The van der Waals surface area contributed by atoms with Crippen molar-refractivity contribution in [3.8, 4) is 0 Å². The van der Waals surface area contributed by atoms with Gasteiger partial charge in [-0.2, -0.15) is 4.98 Å². The van der Waals surface area contributed by atoms with Gasteiger partial charge >= 0.3 is 0 Å². The summed E-state index contributed by atoms with van der Waals surface area (Å²) in [6, 6.07) is 0. The van der Waals surface area contributed by atoms with E-state index in [0.29, 0.717) is 31.2 Å². The van der Waals surface area contributed by atoms with Gasteiger partial charge in [0, 0.05) is 6.54 Å². The van der Waals surface area contributed by atoms with Gasteiger partial charge in [-0.05, 0) is 33.5 Å². The maximum Gasteiger partial charge on any atom is 0.259 e. The topological polar surface area (TPSA) is 74.4 Å². The van der Waals surface area contributed by atoms with Crippen LogP contribution in [0.4, 0.5) is 0 Å². The van der Waals surface area contributed by atoms with Crippen molar-refractivity contribution in [1.29, 1.82) is 0 Å². The summed E-state index contributed by atoms with van der Waals surface area (Å²) in [6.07, 6.45) is 1.59. The zero-order chi connectivity index (χ0) is 11.6. The fraction of sp³-hybridized carbons (Fsp3) is 0.800. The maximum atomic E-state index is 10.3. The number of nitrogens with one attached hydrogen (secondary N) is 1. The van der Waals surface area contributed by atoms with E-state index < -0.39 is 5.60 Å². The number of aliphatic hydroxyl groups is 1. The minimum Gasteiger partial charge on any atom is -0.379 e. The van der Waals surface area contributed by atoms with Crippen molar-refractivity contribution in [3.63, 3.8) is 0 Å². The molecular weight excluding hydrogens is 208 g/mol. The molecule has 6 heteroatoms. The summed E-state index contributed by atoms with van der Waals surface area (Å²) in [6.45, 7) is 2.03. The molecular formula is C10H18N4O2. The van der Waals surface area contributed by atoms with Crippen LogP contribution in [0.15, 0.2) is 4.52 Å². The second kappa shape index (κ2) is 4.48. The van der Waals surface area contributed by atoms with Crippen molar-refractivity contribution in [2.45, 2.75) is 25.0 Å². The Morgan fingerprint density at radius 1 is 1.56 bits per heavy atom. The van der Waals surface area contributed by atoms with Crippen molar-refractivity contribution in [2.75, 3.05) is 27.2 Å². The lowest BCUT2D eigenvalue weighted by Crippen LogP contribution is -2.43. The zero-order valence-electron chi connectivity index (χ0n) is 9.73. The number of aromatic nitrogens is 2. The van der Waals surface area contributed by atoms with Crippen LogP contribution in [-0.4, -0.2) is 47.3 Å². The molecule has 0 radical (unpaired) electrons. The maximum absolute atomic E-state index is 10.3. The molecule has 1 aliphatic heterocycles. The van der Waals surface area contributed by atoms with Gasteiger partial charge in [0.05, 0.1) is 6.54 Å². The summed E-state index contributed by atoms with van der Waals surface area (Å²) in [5.41, 5.74) is -0.990. The number of piperidine rings is 1. The predicted molar refractivity (Wildman–Crippen MR) is 57.7 cm³/mol. The second-order valence-electron chi connectivity index (χ2n) is 4.57. The van der Waals surface area contributed by atoms with Crippen LogP contribution in [0.5, 0.6) is 0 Å². The third-order valence-corrected chi connectivity index (χ3v) is 2.69. The van der Waals surface area contributed by atoms with Gasteiger partial charge in [0.15, 0.2) is 11.4 Å². The SMILES string of the molecule is CN(C)Cc1noc(C2(O)CCCNC2)n1. The number of hydrogen-bond donors (Lipinski definition) is 2. The summed E-state index contributed by atoms with van der Waals surface area (Å²) in [5, 5.41) is 17.3. The van der Waals surface area contributed by atoms with Gasteiger partial charge in [-0.15, -0.1) is 0 Å². The lowest BCUT2D eigenvalue weighted by Gasteiger charge is -2.28. The van der Waals surface area contributed by atoms with Crippen molar-refractivity contribution in [3.05, 3.63) is 11.7 Å². The molecule has 90 valence electrons. The van der Waals surface area contributed by atoms with Crippen LogP contribution >= 0.6 is 0 Å². The average molecular weight is 226 g/mol. The third-order valence-electron chi connectivity index (χ3n) is 2.69. The molecule has 1 unspecified atom stereocenters. The Bertz CT molecular complexity index is 344. The zero-order valence-corrected chi connectivity index (χ0v) is 9.73. The molecule has 0 aromatic carbocycles. The molecule has 1 atom stereocenters. The fourth-order valence-electron chi connectivity index (χ4n) is 1.86. The molecule has 6 nitrogen and oxygen atoms in total. The smallest absolute Gasteiger partial charge is 0.259 e. The molecule has 0 amide bonds. The van der Waals surface area contributed by atoms with Gasteiger partial charge in [0.2, 0.25) is 0 Å². The summed E-state index contributed by atoms with van der Waals surface area (Å²) in [4.78, 5) is 6.19. The molecule has 16 heavy (non-hydrogen) atoms. The number of rotatable bonds is 3. The first-order valence-electron chi connectivity index (χ1n) is 5.51. The van der Waals surface area contributed by atoms with Crippen LogP contribution in [0.3, 0.4) is 0 Å². The molecule has 0 spiro atoms. The summed E-state index contributed by atoms with van der Waals surface area (Å²) >= 11 is 0. The van der Waals surface area contributed by atoms with E-state index in [0.717, 1.165) is 13.0 Å². The van der Waals surface area contributed by atoms with Gasteiger partial charge in [0.25, 0.3) is 5.89 Å². The van der Waals surface area contributed by atoms with Crippen LogP contribution in [0.25, 0.3) is 0 Å². The lowest BCUT2D eigenvalue weighted by atomic mass is 9.94. The van der Waals surface area contributed by atoms with Crippen LogP contribution < -0.4 is 5.32 Å². The van der Waals surface area contributed by atoms with Gasteiger partial charge in [0.1, 0.15) is 0 Å². The standard InChI is InChI=1S/C10H18N4O2/c1-14(2)6-8-12-9(16-13-8)10(15)4-3-5-11-7-10/h11,15H,3-7H2,1-2H3. The van der Waals surface area contributed by atoms with Crippen molar-refractivity contribution in [2.24, 2.45) is 0 Å². The normalized spacial score (nSPS) is 26.2. The first-order valence-corrected chi connectivity index (χ1v) is 5.51. The summed E-state index contributed by atoms with van der Waals surface area (Å²) in [5.74, 6) is 0.940. The first kappa shape index (κ1) is 11.5. The second-order valence-corrected chi connectivity index (χ2v) is 4.57. The molecule has 2 rings (SSSR count). The van der Waals surface area contributed by atoms with Crippen LogP contribution in [0, 0.1) is 0 Å². The number of hydrogen-bond acceptors (Lipinski definition) is 6. The van der Waals surface area contributed by atoms with E-state index in [1.54, 1.807) is 0 Å². The number of nitrogens with zero attached hydrogens (tertiary/aromatic N) is 3. The van der Waals surface area contributed by atoms with Gasteiger partial charge in [-0.25, -0.2) is 0 Å². The Morgan fingerprint density at radius 3 is 3.00 bits per heavy atom. The van der Waals surface area contributed by atoms with E-state index in [-0.39, 0.29) is 0 Å². The summed E-state index contributed by atoms with van der Waals surface area (Å²) in [7, 11) is 3.87. The third kappa shape index (κ3) is 2.40. The van der Waals surface area contributed by atoms with E-state index in [4.69, 9.17) is 4.52 Å². The first-order chi connectivity index (χ1) is 7.60. The van der Waals surface area contributed by atoms with Crippen LogP contribution in [0.1, 0.15) is 24.6 Å². The monoisotopic (exact) mass is 226 g/mol. The van der Waals surface area contributed by atoms with Gasteiger partial charge in [-0.1, -0.05) is 5.16 Å². The Balaban J connectivity index is 2.10. The Morgan fingerprint density at radius 2 is 2.38 bits per heavy atom. The molecule has 0 saturated carbocycles. The highest BCUT2D eigenvalue weighted by Gasteiger charge is 2.36. The Labute approximate surface area is 94.6 Å². The molecule has 1 aromatic rings. The molecule has 2 N–H and O–H groups in total. The van der Waals surface area contributed by atoms with Gasteiger partial charge in [-0.3, -0.25) is 0 Å². The molecule has 1 fully saturated rings. The molecule has 1 saturated heterocycles. The predicted octanol–water partition coefficient (Wildman–Crippen LogP) is -0.298. The van der Waals surface area contributed by atoms with Gasteiger partial charge < -0.3 is 19.8 Å². The van der Waals surface area contributed by atoms with E-state index in [9.17, 15) is 5.11 Å². The van der Waals surface area contributed by atoms with E-state index >= 15 is 0 Å². The molecule has 1 aromatic heterocycles. The molecule has 2 heterocycles. The Hall–Kier alpha value is -0.980. The molecule has 1 aliphatic rings. The molecule has 0 aliphatic carbocycles. The molecule has 0 bridgehead atoms. The average Bonchev–Trinajstić information content (AvgIpc) is 2.67. The minimum absolute atomic E-state index is 0.330. The highest BCUT2D eigenvalue weighted by molar-refractivity contribution is 5.01. The van der Waals surface area contributed by atoms with Crippen LogP contribution in [0.2, 0.25) is 0 Å². The summed E-state index contributed by atoms with van der Waals surface area (Å²) < 4.78 is 5.13. The van der Waals surface area contributed by atoms with E-state index in [1.165, 1.54) is 0 Å². The fourth-order valence-corrected chi connectivity index (χ4v) is 1.86.